The monoisotopic (exact) mass is 254 g/mol. The van der Waals surface area contributed by atoms with Gasteiger partial charge in [0.25, 0.3) is 0 Å². The first-order chi connectivity index (χ1) is 7.69. The van der Waals surface area contributed by atoms with E-state index in [0.29, 0.717) is 11.4 Å². The minimum absolute atomic E-state index is 0.0184. The summed E-state index contributed by atoms with van der Waals surface area (Å²) in [6.07, 6.45) is 0. The average Bonchev–Trinajstić information content (AvgIpc) is 2.28. The van der Waals surface area contributed by atoms with Crippen LogP contribution in [0.15, 0.2) is 23.1 Å². The second-order valence-electron chi connectivity index (χ2n) is 3.25. The van der Waals surface area contributed by atoms with Crippen molar-refractivity contribution in [1.29, 1.82) is 0 Å². The van der Waals surface area contributed by atoms with Crippen LogP contribution >= 0.6 is 24.4 Å². The van der Waals surface area contributed by atoms with E-state index in [1.165, 1.54) is 11.8 Å². The van der Waals surface area contributed by atoms with Crippen LogP contribution in [0.5, 0.6) is 0 Å². The highest BCUT2D eigenvalue weighted by atomic mass is 32.2. The van der Waals surface area contributed by atoms with Crippen molar-refractivity contribution in [3.05, 3.63) is 18.2 Å². The fraction of sp³-hybridized carbons (Fsp3) is 0.200. The van der Waals surface area contributed by atoms with Crippen LogP contribution in [0.25, 0.3) is 0 Å². The van der Waals surface area contributed by atoms with Gasteiger partial charge in [-0.3, -0.25) is 9.59 Å². The second-order valence-corrected chi connectivity index (χ2v) is 4.59. The molecule has 0 radical (unpaired) electrons. The van der Waals surface area contributed by atoms with Crippen molar-refractivity contribution in [1.82, 2.24) is 0 Å². The summed E-state index contributed by atoms with van der Waals surface area (Å²) in [6.45, 7) is 0. The summed E-state index contributed by atoms with van der Waals surface area (Å²) in [4.78, 5) is 23.3. The average molecular weight is 254 g/mol. The van der Waals surface area contributed by atoms with Gasteiger partial charge in [0.05, 0.1) is 17.2 Å². The highest BCUT2D eigenvalue weighted by molar-refractivity contribution is 8.00. The van der Waals surface area contributed by atoms with E-state index >= 15 is 0 Å². The van der Waals surface area contributed by atoms with E-state index in [4.69, 9.17) is 0 Å². The van der Waals surface area contributed by atoms with E-state index in [0.717, 1.165) is 10.6 Å². The number of hydrogen-bond acceptors (Lipinski definition) is 4. The summed E-state index contributed by atoms with van der Waals surface area (Å²) in [5.74, 6) is 0.390. The van der Waals surface area contributed by atoms with Crippen LogP contribution in [-0.2, 0) is 9.59 Å². The van der Waals surface area contributed by atoms with Crippen LogP contribution in [0, 0.1) is 0 Å². The Morgan fingerprint density at radius 2 is 2.38 bits per heavy atom. The summed E-state index contributed by atoms with van der Waals surface area (Å²) in [7, 11) is 0. The maximum Gasteiger partial charge on any atom is 0.234 e. The predicted octanol–water partition coefficient (Wildman–Crippen LogP) is 1.60. The predicted molar refractivity (Wildman–Crippen MR) is 68.3 cm³/mol. The lowest BCUT2D eigenvalue weighted by Crippen LogP contribution is -2.19. The molecular weight excluding hydrogens is 244 g/mol. The molecule has 2 rings (SSSR count). The molecule has 0 fully saturated rings. The normalized spacial score (nSPS) is 13.9. The Labute approximate surface area is 103 Å². The minimum Gasteiger partial charge on any atom is -0.325 e. The Bertz CT molecular complexity index is 448. The molecule has 2 N–H and O–H groups in total. The molecule has 16 heavy (non-hydrogen) atoms. The third-order valence-electron chi connectivity index (χ3n) is 2.04. The fourth-order valence-electron chi connectivity index (χ4n) is 1.36. The van der Waals surface area contributed by atoms with Crippen molar-refractivity contribution in [2.45, 2.75) is 4.90 Å². The van der Waals surface area contributed by atoms with Crippen LogP contribution < -0.4 is 10.6 Å². The Morgan fingerprint density at radius 1 is 1.56 bits per heavy atom. The quantitative estimate of drug-likeness (QED) is 0.703. The smallest absolute Gasteiger partial charge is 0.234 e. The lowest BCUT2D eigenvalue weighted by Gasteiger charge is -2.17. The van der Waals surface area contributed by atoms with Crippen molar-refractivity contribution < 1.29 is 9.59 Å². The van der Waals surface area contributed by atoms with E-state index in [1.807, 2.05) is 12.1 Å². The SMILES string of the molecule is O=C(CS)Nc1ccc2c(c1)NC(=O)CS2. The number of carbonyl (C=O) groups is 2. The third kappa shape index (κ3) is 2.51. The van der Waals surface area contributed by atoms with Crippen molar-refractivity contribution in [2.75, 3.05) is 22.1 Å². The molecule has 0 aliphatic carbocycles. The van der Waals surface area contributed by atoms with Gasteiger partial charge in [-0.2, -0.15) is 12.6 Å². The van der Waals surface area contributed by atoms with Crippen molar-refractivity contribution in [2.24, 2.45) is 0 Å². The van der Waals surface area contributed by atoms with Gasteiger partial charge in [0, 0.05) is 10.6 Å². The van der Waals surface area contributed by atoms with Gasteiger partial charge in [-0.1, -0.05) is 0 Å². The highest BCUT2D eigenvalue weighted by Crippen LogP contribution is 2.33. The third-order valence-corrected chi connectivity index (χ3v) is 3.40. The molecule has 0 aromatic heterocycles. The van der Waals surface area contributed by atoms with Crippen LogP contribution in [0.3, 0.4) is 0 Å². The van der Waals surface area contributed by atoms with Crippen LogP contribution in [0.1, 0.15) is 0 Å². The maximum atomic E-state index is 11.2. The first-order valence-corrected chi connectivity index (χ1v) is 6.28. The number of hydrogen-bond donors (Lipinski definition) is 3. The van der Waals surface area contributed by atoms with Gasteiger partial charge < -0.3 is 10.6 Å². The molecule has 1 aromatic carbocycles. The molecule has 0 atom stereocenters. The molecule has 6 heteroatoms. The molecule has 0 spiro atoms. The minimum atomic E-state index is -0.168. The molecule has 1 aliphatic heterocycles. The van der Waals surface area contributed by atoms with E-state index in [-0.39, 0.29) is 17.6 Å². The number of anilines is 2. The van der Waals surface area contributed by atoms with Gasteiger partial charge in [-0.25, -0.2) is 0 Å². The number of rotatable bonds is 2. The number of amides is 2. The summed E-state index contributed by atoms with van der Waals surface area (Å²) in [5, 5.41) is 5.44. The zero-order valence-electron chi connectivity index (χ0n) is 8.32. The number of carbonyl (C=O) groups excluding carboxylic acids is 2. The van der Waals surface area contributed by atoms with E-state index in [1.54, 1.807) is 6.07 Å². The van der Waals surface area contributed by atoms with Gasteiger partial charge in [-0.15, -0.1) is 11.8 Å². The van der Waals surface area contributed by atoms with E-state index in [2.05, 4.69) is 23.3 Å². The van der Waals surface area contributed by atoms with Crippen molar-refractivity contribution in [3.63, 3.8) is 0 Å². The number of fused-ring (bicyclic) bond motifs is 1. The Morgan fingerprint density at radius 3 is 3.12 bits per heavy atom. The Balaban J connectivity index is 2.21. The topological polar surface area (TPSA) is 58.2 Å². The Kier molecular flexibility index (Phi) is 3.40. The van der Waals surface area contributed by atoms with Crippen LogP contribution in [0.2, 0.25) is 0 Å². The molecule has 0 saturated carbocycles. The maximum absolute atomic E-state index is 11.2. The van der Waals surface area contributed by atoms with E-state index < -0.39 is 0 Å². The summed E-state index contributed by atoms with van der Waals surface area (Å²) in [5.41, 5.74) is 1.42. The largest absolute Gasteiger partial charge is 0.325 e. The summed E-state index contributed by atoms with van der Waals surface area (Å²) >= 11 is 5.36. The molecule has 0 saturated heterocycles. The van der Waals surface area contributed by atoms with Gasteiger partial charge in [0.1, 0.15) is 0 Å². The zero-order valence-corrected chi connectivity index (χ0v) is 10.0. The second kappa shape index (κ2) is 4.80. The summed E-state index contributed by atoms with van der Waals surface area (Å²) < 4.78 is 0. The first kappa shape index (κ1) is 11.3. The molecule has 4 nitrogen and oxygen atoms in total. The standard InChI is InChI=1S/C10H10N2O2S2/c13-9(4-15)11-6-1-2-8-7(3-6)12-10(14)5-16-8/h1-3,15H,4-5H2,(H,11,13)(H,12,14). The lowest BCUT2D eigenvalue weighted by atomic mass is 10.2. The van der Waals surface area contributed by atoms with Crippen LogP contribution in [0.4, 0.5) is 11.4 Å². The van der Waals surface area contributed by atoms with E-state index in [9.17, 15) is 9.59 Å². The van der Waals surface area contributed by atoms with Crippen molar-refractivity contribution in [3.8, 4) is 0 Å². The molecule has 1 aliphatic rings. The molecule has 2 amide bonds. The lowest BCUT2D eigenvalue weighted by molar-refractivity contribution is -0.114. The van der Waals surface area contributed by atoms with Gasteiger partial charge >= 0.3 is 0 Å². The number of thioether (sulfide) groups is 1. The first-order valence-electron chi connectivity index (χ1n) is 4.66. The number of nitrogens with one attached hydrogen (secondary N) is 2. The zero-order chi connectivity index (χ0) is 11.5. The van der Waals surface area contributed by atoms with Gasteiger partial charge in [0.2, 0.25) is 11.8 Å². The molecule has 84 valence electrons. The molecule has 0 bridgehead atoms. The highest BCUT2D eigenvalue weighted by Gasteiger charge is 2.15. The Hall–Kier alpha value is -1.14. The van der Waals surface area contributed by atoms with Gasteiger partial charge in [0.15, 0.2) is 0 Å². The molecule has 1 heterocycles. The number of thiol groups is 1. The van der Waals surface area contributed by atoms with Gasteiger partial charge in [-0.05, 0) is 18.2 Å². The summed E-state index contributed by atoms with van der Waals surface area (Å²) in [6, 6.07) is 5.44. The van der Waals surface area contributed by atoms with Crippen LogP contribution in [-0.4, -0.2) is 23.3 Å². The molecule has 1 aromatic rings. The number of benzene rings is 1. The molecule has 0 unspecified atom stereocenters. The molecular formula is C10H10N2O2S2. The van der Waals surface area contributed by atoms with Crippen molar-refractivity contribution >= 4 is 47.6 Å². The fourth-order valence-corrected chi connectivity index (χ4v) is 2.23.